The van der Waals surface area contributed by atoms with Crippen molar-refractivity contribution in [3.8, 4) is 44.5 Å². The summed E-state index contributed by atoms with van der Waals surface area (Å²) in [6.07, 6.45) is 0. The van der Waals surface area contributed by atoms with Crippen molar-refractivity contribution >= 4 is 49.4 Å². The molecule has 0 unspecified atom stereocenters. The van der Waals surface area contributed by atoms with E-state index in [0.717, 1.165) is 17.1 Å². The Morgan fingerprint density at radius 1 is 0.328 bits per heavy atom. The summed E-state index contributed by atoms with van der Waals surface area (Å²) in [5.74, 6) is 0. The van der Waals surface area contributed by atoms with E-state index in [2.05, 4.69) is 231 Å². The first kappa shape index (κ1) is 34.1. The van der Waals surface area contributed by atoms with Gasteiger partial charge in [-0.1, -0.05) is 184 Å². The second-order valence-electron chi connectivity index (χ2n) is 16.1. The molecule has 0 heterocycles. The van der Waals surface area contributed by atoms with Crippen LogP contribution in [0.3, 0.4) is 0 Å². The molecular formula is C57H41N. The summed E-state index contributed by atoms with van der Waals surface area (Å²) in [5, 5.41) is 7.53. The van der Waals surface area contributed by atoms with E-state index in [9.17, 15) is 0 Å². The zero-order valence-corrected chi connectivity index (χ0v) is 32.7. The van der Waals surface area contributed by atoms with Crippen LogP contribution in [0.25, 0.3) is 76.8 Å². The van der Waals surface area contributed by atoms with Crippen molar-refractivity contribution in [2.75, 3.05) is 4.90 Å². The Morgan fingerprint density at radius 3 is 1.78 bits per heavy atom. The molecule has 0 saturated carbocycles. The maximum absolute atomic E-state index is 2.48. The van der Waals surface area contributed by atoms with Gasteiger partial charge in [0.2, 0.25) is 0 Å². The molecule has 274 valence electrons. The SMILES string of the molecule is CC1(C)c2ccccc2-c2ccc(N(c3ccc(-c4ccc5ccccc5c4)cc3)c3cccc(-c4cc5ccccc5c5ccccc45)c3-c3ccccc3)cc21. The highest BCUT2D eigenvalue weighted by Gasteiger charge is 2.36. The Hall–Kier alpha value is -7.22. The first-order valence-corrected chi connectivity index (χ1v) is 20.3. The third-order valence-electron chi connectivity index (χ3n) is 12.4. The van der Waals surface area contributed by atoms with E-state index < -0.39 is 0 Å². The minimum absolute atomic E-state index is 0.137. The van der Waals surface area contributed by atoms with Gasteiger partial charge in [-0.05, 0) is 125 Å². The maximum atomic E-state index is 2.48. The number of benzene rings is 10. The number of fused-ring (bicyclic) bond motifs is 7. The zero-order chi connectivity index (χ0) is 38.8. The molecule has 10 aromatic carbocycles. The molecule has 0 atom stereocenters. The lowest BCUT2D eigenvalue weighted by atomic mass is 9.82. The monoisotopic (exact) mass is 739 g/mol. The van der Waals surface area contributed by atoms with Gasteiger partial charge in [-0.3, -0.25) is 0 Å². The van der Waals surface area contributed by atoms with Crippen LogP contribution in [-0.2, 0) is 5.41 Å². The second kappa shape index (κ2) is 13.5. The van der Waals surface area contributed by atoms with Gasteiger partial charge in [-0.2, -0.15) is 0 Å². The molecule has 1 heteroatoms. The molecule has 10 aromatic rings. The molecule has 11 rings (SSSR count). The minimum Gasteiger partial charge on any atom is -0.310 e. The highest BCUT2D eigenvalue weighted by molar-refractivity contribution is 6.15. The molecule has 1 aliphatic carbocycles. The predicted octanol–water partition coefficient (Wildman–Crippen LogP) is 15.9. The van der Waals surface area contributed by atoms with Gasteiger partial charge in [-0.15, -0.1) is 0 Å². The van der Waals surface area contributed by atoms with E-state index in [1.165, 1.54) is 88.0 Å². The molecule has 0 N–H and O–H groups in total. The van der Waals surface area contributed by atoms with Crippen LogP contribution in [0.1, 0.15) is 25.0 Å². The van der Waals surface area contributed by atoms with E-state index >= 15 is 0 Å². The average molecular weight is 740 g/mol. The predicted molar refractivity (Wildman–Crippen MR) is 248 cm³/mol. The lowest BCUT2D eigenvalue weighted by Crippen LogP contribution is -2.17. The molecule has 0 bridgehead atoms. The standard InChI is InChI=1S/C57H41N/c1-57(2)53-25-13-12-23-49(53)50-34-33-45(37-54(50)57)58(44-31-29-39(30-32-44)42-28-27-38-15-6-7-18-41(38)35-42)55-26-14-24-51(56(55)40-16-4-3-5-17-40)52-36-43-19-8-9-20-46(43)47-21-10-11-22-48(47)52/h3-37H,1-2H3. The first-order chi connectivity index (χ1) is 28.5. The largest absolute Gasteiger partial charge is 0.310 e. The summed E-state index contributed by atoms with van der Waals surface area (Å²) < 4.78 is 0. The van der Waals surface area contributed by atoms with Gasteiger partial charge < -0.3 is 4.90 Å². The van der Waals surface area contributed by atoms with Crippen molar-refractivity contribution in [3.05, 3.63) is 223 Å². The lowest BCUT2D eigenvalue weighted by Gasteiger charge is -2.31. The van der Waals surface area contributed by atoms with Crippen molar-refractivity contribution in [2.24, 2.45) is 0 Å². The van der Waals surface area contributed by atoms with Crippen LogP contribution in [-0.4, -0.2) is 0 Å². The molecule has 0 aliphatic heterocycles. The van der Waals surface area contributed by atoms with Crippen LogP contribution in [0.5, 0.6) is 0 Å². The Balaban J connectivity index is 1.16. The van der Waals surface area contributed by atoms with E-state index in [1.54, 1.807) is 0 Å². The quantitative estimate of drug-likeness (QED) is 0.154. The normalized spacial score (nSPS) is 12.8. The highest BCUT2D eigenvalue weighted by Crippen LogP contribution is 2.52. The maximum Gasteiger partial charge on any atom is 0.0546 e. The lowest BCUT2D eigenvalue weighted by molar-refractivity contribution is 0.660. The van der Waals surface area contributed by atoms with Gasteiger partial charge in [0.05, 0.1) is 5.69 Å². The van der Waals surface area contributed by atoms with E-state index in [0.29, 0.717) is 0 Å². The van der Waals surface area contributed by atoms with Crippen LogP contribution >= 0.6 is 0 Å². The van der Waals surface area contributed by atoms with Gasteiger partial charge in [0.1, 0.15) is 0 Å². The van der Waals surface area contributed by atoms with Crippen LogP contribution < -0.4 is 4.90 Å². The van der Waals surface area contributed by atoms with Crippen molar-refractivity contribution in [1.29, 1.82) is 0 Å². The number of hydrogen-bond donors (Lipinski definition) is 0. The molecule has 0 aromatic heterocycles. The van der Waals surface area contributed by atoms with Crippen LogP contribution in [0, 0.1) is 0 Å². The third-order valence-corrected chi connectivity index (χ3v) is 12.4. The Kier molecular flexibility index (Phi) is 7.91. The number of rotatable bonds is 6. The Labute approximate surface area is 340 Å². The molecule has 0 amide bonds. The van der Waals surface area contributed by atoms with Crippen molar-refractivity contribution in [1.82, 2.24) is 0 Å². The van der Waals surface area contributed by atoms with E-state index in [4.69, 9.17) is 0 Å². The van der Waals surface area contributed by atoms with Crippen LogP contribution in [0.2, 0.25) is 0 Å². The van der Waals surface area contributed by atoms with Gasteiger partial charge in [0.15, 0.2) is 0 Å². The first-order valence-electron chi connectivity index (χ1n) is 20.3. The van der Waals surface area contributed by atoms with Gasteiger partial charge in [0.25, 0.3) is 0 Å². The Bertz CT molecular complexity index is 3190. The van der Waals surface area contributed by atoms with Crippen molar-refractivity contribution < 1.29 is 0 Å². The fraction of sp³-hybridized carbons (Fsp3) is 0.0526. The highest BCUT2D eigenvalue weighted by atomic mass is 15.1. The second-order valence-corrected chi connectivity index (χ2v) is 16.1. The summed E-state index contributed by atoms with van der Waals surface area (Å²) >= 11 is 0. The summed E-state index contributed by atoms with van der Waals surface area (Å²) in [7, 11) is 0. The average Bonchev–Trinajstić information content (AvgIpc) is 3.51. The summed E-state index contributed by atoms with van der Waals surface area (Å²) in [6, 6.07) is 78.3. The smallest absolute Gasteiger partial charge is 0.0546 e. The molecule has 0 radical (unpaired) electrons. The van der Waals surface area contributed by atoms with Gasteiger partial charge in [0, 0.05) is 22.4 Å². The molecule has 1 nitrogen and oxygen atoms in total. The minimum atomic E-state index is -0.137. The van der Waals surface area contributed by atoms with Crippen LogP contribution in [0.4, 0.5) is 17.1 Å². The fourth-order valence-corrected chi connectivity index (χ4v) is 9.57. The Morgan fingerprint density at radius 2 is 0.948 bits per heavy atom. The van der Waals surface area contributed by atoms with E-state index in [-0.39, 0.29) is 5.41 Å². The van der Waals surface area contributed by atoms with E-state index in [1.807, 2.05) is 0 Å². The van der Waals surface area contributed by atoms with Gasteiger partial charge in [-0.25, -0.2) is 0 Å². The van der Waals surface area contributed by atoms with Crippen LogP contribution in [0.15, 0.2) is 212 Å². The molecule has 0 saturated heterocycles. The van der Waals surface area contributed by atoms with Crippen molar-refractivity contribution in [3.63, 3.8) is 0 Å². The zero-order valence-electron chi connectivity index (χ0n) is 32.7. The molecule has 58 heavy (non-hydrogen) atoms. The topological polar surface area (TPSA) is 3.24 Å². The number of nitrogens with zero attached hydrogens (tertiary/aromatic N) is 1. The number of hydrogen-bond acceptors (Lipinski definition) is 1. The molecule has 0 fully saturated rings. The fourth-order valence-electron chi connectivity index (χ4n) is 9.57. The summed E-state index contributed by atoms with van der Waals surface area (Å²) in [5.41, 5.74) is 15.8. The number of anilines is 3. The third kappa shape index (κ3) is 5.46. The van der Waals surface area contributed by atoms with Crippen molar-refractivity contribution in [2.45, 2.75) is 19.3 Å². The summed E-state index contributed by atoms with van der Waals surface area (Å²) in [6.45, 7) is 4.73. The molecule has 1 aliphatic rings. The summed E-state index contributed by atoms with van der Waals surface area (Å²) in [4.78, 5) is 2.48. The molecular weight excluding hydrogens is 699 g/mol. The van der Waals surface area contributed by atoms with Gasteiger partial charge >= 0.3 is 0 Å². The molecule has 0 spiro atoms.